The fourth-order valence-electron chi connectivity index (χ4n) is 1.91. The number of benzene rings is 1. The van der Waals surface area contributed by atoms with Gasteiger partial charge in [-0.2, -0.15) is 22.5 Å². The van der Waals surface area contributed by atoms with Crippen molar-refractivity contribution in [1.29, 1.82) is 0 Å². The number of sulfonamides is 1. The molecule has 0 fully saturated rings. The largest absolute Gasteiger partial charge is 0.416 e. The van der Waals surface area contributed by atoms with E-state index in [0.717, 1.165) is 10.4 Å². The van der Waals surface area contributed by atoms with Crippen LogP contribution in [0, 0.1) is 0 Å². The van der Waals surface area contributed by atoms with E-state index in [4.69, 9.17) is 21.2 Å². The van der Waals surface area contributed by atoms with Crippen molar-refractivity contribution in [1.82, 2.24) is 14.4 Å². The average Bonchev–Trinajstić information content (AvgIpc) is 3.01. The van der Waals surface area contributed by atoms with E-state index in [0.29, 0.717) is 12.1 Å². The van der Waals surface area contributed by atoms with E-state index >= 15 is 0 Å². The Balaban J connectivity index is 2.37. The van der Waals surface area contributed by atoms with Crippen molar-refractivity contribution < 1.29 is 31.2 Å². The highest BCUT2D eigenvalue weighted by Crippen LogP contribution is 2.35. The van der Waals surface area contributed by atoms with E-state index in [9.17, 15) is 21.6 Å². The lowest BCUT2D eigenvalue weighted by Gasteiger charge is -2.22. The van der Waals surface area contributed by atoms with Gasteiger partial charge in [-0.3, -0.25) is 0 Å². The lowest BCUT2D eigenvalue weighted by atomic mass is 10.2. The molecule has 0 spiro atoms. The number of hydrogen-bond acceptors (Lipinski definition) is 6. The van der Waals surface area contributed by atoms with Crippen molar-refractivity contribution in [3.63, 3.8) is 0 Å². The highest BCUT2D eigenvalue weighted by Gasteiger charge is 2.34. The molecule has 25 heavy (non-hydrogen) atoms. The maximum absolute atomic E-state index is 12.7. The molecule has 1 N–H and O–H groups in total. The molecule has 1 aromatic carbocycles. The van der Waals surface area contributed by atoms with E-state index in [1.165, 1.54) is 14.0 Å². The highest BCUT2D eigenvalue weighted by molar-refractivity contribution is 7.89. The van der Waals surface area contributed by atoms with Crippen LogP contribution in [0.5, 0.6) is 0 Å². The quantitative estimate of drug-likeness (QED) is 0.830. The van der Waals surface area contributed by atoms with Crippen LogP contribution in [0.4, 0.5) is 13.2 Å². The molecule has 0 amide bonds. The predicted molar refractivity (Wildman–Crippen MR) is 80.0 cm³/mol. The third-order valence-corrected chi connectivity index (χ3v) is 5.87. The Hall–Kier alpha value is -1.69. The summed E-state index contributed by atoms with van der Waals surface area (Å²) in [5.74, 6) is -0.113. The molecule has 0 aliphatic carbocycles. The number of aromatic nitrogens is 2. The Labute approximate surface area is 146 Å². The molecule has 1 aromatic heterocycles. The highest BCUT2D eigenvalue weighted by atomic mass is 35.5. The molecule has 7 nitrogen and oxygen atoms in total. The van der Waals surface area contributed by atoms with Gasteiger partial charge in [-0.25, -0.2) is 8.42 Å². The van der Waals surface area contributed by atoms with Gasteiger partial charge in [-0.1, -0.05) is 16.8 Å². The monoisotopic (exact) mass is 399 g/mol. The Kier molecular flexibility index (Phi) is 5.42. The van der Waals surface area contributed by atoms with Crippen molar-refractivity contribution in [3.8, 4) is 0 Å². The summed E-state index contributed by atoms with van der Waals surface area (Å²) in [7, 11) is -3.03. The van der Waals surface area contributed by atoms with Crippen molar-refractivity contribution in [2.24, 2.45) is 0 Å². The second-order valence-electron chi connectivity index (χ2n) is 5.04. The van der Waals surface area contributed by atoms with Crippen LogP contribution in [0.25, 0.3) is 0 Å². The first-order valence-electron chi connectivity index (χ1n) is 6.76. The van der Waals surface area contributed by atoms with E-state index in [1.807, 2.05) is 0 Å². The fourth-order valence-corrected chi connectivity index (χ4v) is 3.75. The molecule has 0 aliphatic rings. The molecule has 1 heterocycles. The van der Waals surface area contributed by atoms with Gasteiger partial charge in [-0.05, 0) is 25.1 Å². The topological polar surface area (TPSA) is 96.5 Å². The maximum atomic E-state index is 12.7. The number of aliphatic hydroxyl groups is 1. The number of aliphatic hydroxyl groups excluding tert-OH is 1. The second-order valence-corrected chi connectivity index (χ2v) is 7.42. The van der Waals surface area contributed by atoms with Crippen molar-refractivity contribution in [2.75, 3.05) is 7.05 Å². The predicted octanol–water partition coefficient (Wildman–Crippen LogP) is 2.62. The zero-order chi connectivity index (χ0) is 19.0. The van der Waals surface area contributed by atoms with E-state index in [1.54, 1.807) is 0 Å². The molecule has 0 bridgehead atoms. The fraction of sp³-hybridized carbons (Fsp3) is 0.385. The summed E-state index contributed by atoms with van der Waals surface area (Å²) in [4.78, 5) is 3.33. The molecule has 0 unspecified atom stereocenters. The smallest absolute Gasteiger partial charge is 0.387 e. The second kappa shape index (κ2) is 6.90. The minimum atomic E-state index is -4.64. The summed E-state index contributed by atoms with van der Waals surface area (Å²) in [5.41, 5.74) is -1.06. The normalized spacial score (nSPS) is 14.1. The number of halogens is 4. The van der Waals surface area contributed by atoms with Crippen molar-refractivity contribution >= 4 is 21.6 Å². The van der Waals surface area contributed by atoms with Crippen LogP contribution < -0.4 is 0 Å². The summed E-state index contributed by atoms with van der Waals surface area (Å²) in [6.45, 7) is 0.933. The first-order chi connectivity index (χ1) is 11.5. The van der Waals surface area contributed by atoms with Crippen LogP contribution >= 0.6 is 11.6 Å². The Morgan fingerprint density at radius 2 is 2.04 bits per heavy atom. The standard InChI is InChI=1S/C13H13ClF3N3O4S/c1-7(12-18-11(6-21)24-19-12)20(2)25(22,23)10-4-3-8(5-9(10)14)13(15,16)17/h3-5,7,21H,6H2,1-2H3/t7-/m0/s1. The summed E-state index contributed by atoms with van der Waals surface area (Å²) in [6, 6.07) is 1.06. The minimum absolute atomic E-state index is 0.0156. The molecule has 0 radical (unpaired) electrons. The van der Waals surface area contributed by atoms with E-state index < -0.39 is 44.3 Å². The van der Waals surface area contributed by atoms with Crippen LogP contribution in [-0.2, 0) is 22.8 Å². The van der Waals surface area contributed by atoms with Crippen molar-refractivity contribution in [3.05, 3.63) is 40.5 Å². The number of nitrogens with zero attached hydrogens (tertiary/aromatic N) is 3. The summed E-state index contributed by atoms with van der Waals surface area (Å²) < 4.78 is 68.8. The summed E-state index contributed by atoms with van der Waals surface area (Å²) in [6.07, 6.45) is -4.64. The van der Waals surface area contributed by atoms with Crippen LogP contribution in [0.3, 0.4) is 0 Å². The zero-order valence-corrected chi connectivity index (χ0v) is 14.5. The Bertz CT molecular complexity index is 870. The van der Waals surface area contributed by atoms with Crippen LogP contribution in [0.15, 0.2) is 27.6 Å². The van der Waals surface area contributed by atoms with Crippen molar-refractivity contribution in [2.45, 2.75) is 30.6 Å². The van der Waals surface area contributed by atoms with Crippen LogP contribution in [0.2, 0.25) is 5.02 Å². The van der Waals surface area contributed by atoms with Crippen LogP contribution in [0.1, 0.15) is 30.2 Å². The average molecular weight is 400 g/mol. The third kappa shape index (κ3) is 3.94. The van der Waals surface area contributed by atoms with Crippen LogP contribution in [-0.4, -0.2) is 35.0 Å². The van der Waals surface area contributed by atoms with Gasteiger partial charge in [-0.15, -0.1) is 0 Å². The minimum Gasteiger partial charge on any atom is -0.387 e. The molecule has 0 saturated heterocycles. The maximum Gasteiger partial charge on any atom is 0.416 e. The SMILES string of the molecule is C[C@@H](c1noc(CO)n1)N(C)S(=O)(=O)c1ccc(C(F)(F)F)cc1Cl. The Morgan fingerprint density at radius 1 is 1.40 bits per heavy atom. The molecular weight excluding hydrogens is 387 g/mol. The Morgan fingerprint density at radius 3 is 2.52 bits per heavy atom. The molecular formula is C13H13ClF3N3O4S. The molecule has 2 aromatic rings. The summed E-state index contributed by atoms with van der Waals surface area (Å²) in [5, 5.41) is 11.9. The van der Waals surface area contributed by atoms with Gasteiger partial charge in [0, 0.05) is 7.05 Å². The van der Waals surface area contributed by atoms with Gasteiger partial charge in [0.25, 0.3) is 5.89 Å². The number of rotatable bonds is 5. The van der Waals surface area contributed by atoms with Gasteiger partial charge in [0.15, 0.2) is 5.82 Å². The number of hydrogen-bond donors (Lipinski definition) is 1. The molecule has 1 atom stereocenters. The molecule has 2 rings (SSSR count). The van der Waals surface area contributed by atoms with E-state index in [2.05, 4.69) is 10.1 Å². The zero-order valence-electron chi connectivity index (χ0n) is 13.0. The summed E-state index contributed by atoms with van der Waals surface area (Å²) >= 11 is 5.75. The first kappa shape index (κ1) is 19.6. The third-order valence-electron chi connectivity index (χ3n) is 3.45. The molecule has 138 valence electrons. The lowest BCUT2D eigenvalue weighted by molar-refractivity contribution is -0.137. The van der Waals surface area contributed by atoms with Gasteiger partial charge >= 0.3 is 6.18 Å². The van der Waals surface area contributed by atoms with Gasteiger partial charge in [0.05, 0.1) is 16.6 Å². The van der Waals surface area contributed by atoms with Gasteiger partial charge in [0.2, 0.25) is 10.0 Å². The number of alkyl halides is 3. The van der Waals surface area contributed by atoms with Gasteiger partial charge in [0.1, 0.15) is 11.5 Å². The molecule has 0 aliphatic heterocycles. The lowest BCUT2D eigenvalue weighted by Crippen LogP contribution is -2.30. The van der Waals surface area contributed by atoms with Gasteiger partial charge < -0.3 is 9.63 Å². The first-order valence-corrected chi connectivity index (χ1v) is 8.58. The molecule has 0 saturated carbocycles. The van der Waals surface area contributed by atoms with E-state index in [-0.39, 0.29) is 11.7 Å². The molecule has 12 heteroatoms.